The highest BCUT2D eigenvalue weighted by Crippen LogP contribution is 2.22. The third-order valence-electron chi connectivity index (χ3n) is 5.21. The van der Waals surface area contributed by atoms with Crippen LogP contribution in [-0.2, 0) is 17.6 Å². The lowest BCUT2D eigenvalue weighted by atomic mass is 10.0. The van der Waals surface area contributed by atoms with Crippen LogP contribution in [0.1, 0.15) is 21.5 Å². The van der Waals surface area contributed by atoms with E-state index in [2.05, 4.69) is 12.1 Å². The largest absolute Gasteiger partial charge is 0.507 e. The zero-order valence-electron chi connectivity index (χ0n) is 19.4. The summed E-state index contributed by atoms with van der Waals surface area (Å²) in [6.45, 7) is 0.699. The number of ether oxygens (including phenoxy) is 3. The average Bonchev–Trinajstić information content (AvgIpc) is 2.82. The van der Waals surface area contributed by atoms with Crippen molar-refractivity contribution in [2.45, 2.75) is 18.9 Å². The molecular weight excluding hydrogens is 418 g/mol. The van der Waals surface area contributed by atoms with E-state index in [1.807, 2.05) is 55.4 Å². The quantitative estimate of drug-likeness (QED) is 0.439. The number of methoxy groups -OCH3 is 1. The molecule has 33 heavy (non-hydrogen) atoms. The van der Waals surface area contributed by atoms with Gasteiger partial charge in [0.15, 0.2) is 0 Å². The topological polar surface area (TPSA) is 68.2 Å². The van der Waals surface area contributed by atoms with Gasteiger partial charge in [-0.25, -0.2) is 4.79 Å². The Morgan fingerprint density at radius 1 is 0.939 bits per heavy atom. The number of likely N-dealkylation sites (N-methyl/N-ethyl adjacent to an activating group) is 1. The van der Waals surface area contributed by atoms with Crippen LogP contribution >= 0.6 is 0 Å². The van der Waals surface area contributed by atoms with Gasteiger partial charge in [-0.15, -0.1) is 0 Å². The summed E-state index contributed by atoms with van der Waals surface area (Å²) in [4.78, 5) is 14.5. The van der Waals surface area contributed by atoms with Gasteiger partial charge in [-0.3, -0.25) is 0 Å². The van der Waals surface area contributed by atoms with Gasteiger partial charge in [-0.2, -0.15) is 0 Å². The van der Waals surface area contributed by atoms with Crippen molar-refractivity contribution >= 4 is 5.97 Å². The minimum absolute atomic E-state index is 0.101. The molecule has 6 nitrogen and oxygen atoms in total. The summed E-state index contributed by atoms with van der Waals surface area (Å²) in [5, 5.41) is 9.95. The average molecular weight is 450 g/mol. The molecular formula is C27H31NO5. The molecule has 0 spiro atoms. The molecule has 6 heteroatoms. The fourth-order valence-corrected chi connectivity index (χ4v) is 3.50. The third-order valence-corrected chi connectivity index (χ3v) is 5.21. The molecule has 1 atom stereocenters. The Hall–Kier alpha value is -3.51. The van der Waals surface area contributed by atoms with E-state index in [0.717, 1.165) is 29.9 Å². The molecule has 0 radical (unpaired) electrons. The number of rotatable bonds is 11. The van der Waals surface area contributed by atoms with Gasteiger partial charge in [0.1, 0.15) is 35.5 Å². The van der Waals surface area contributed by atoms with Crippen molar-refractivity contribution < 1.29 is 24.1 Å². The number of benzene rings is 3. The standard InChI is InChI=1S/C27H31NO5/c1-28(2)18-23(33-27(30)24-9-5-6-10-25(24)29)19-32-26-11-7-4-8-21(26)15-12-20-13-16-22(31-3)17-14-20/h4-11,13-14,16-17,23,29H,12,15,18-19H2,1-3H3. The summed E-state index contributed by atoms with van der Waals surface area (Å²) in [6, 6.07) is 22.3. The van der Waals surface area contributed by atoms with E-state index in [0.29, 0.717) is 6.54 Å². The summed E-state index contributed by atoms with van der Waals surface area (Å²) in [5.74, 6) is 0.938. The summed E-state index contributed by atoms with van der Waals surface area (Å²) in [6.07, 6.45) is 1.19. The van der Waals surface area contributed by atoms with Gasteiger partial charge in [-0.1, -0.05) is 42.5 Å². The van der Waals surface area contributed by atoms with Crippen LogP contribution in [0.15, 0.2) is 72.8 Å². The molecule has 0 fully saturated rings. The number of esters is 1. The van der Waals surface area contributed by atoms with Crippen LogP contribution in [0, 0.1) is 0 Å². The number of hydrogen-bond acceptors (Lipinski definition) is 6. The fourth-order valence-electron chi connectivity index (χ4n) is 3.50. The summed E-state index contributed by atoms with van der Waals surface area (Å²) in [7, 11) is 5.47. The van der Waals surface area contributed by atoms with Crippen molar-refractivity contribution in [3.8, 4) is 17.2 Å². The predicted molar refractivity (Wildman–Crippen MR) is 128 cm³/mol. The van der Waals surface area contributed by atoms with Crippen LogP contribution in [0.3, 0.4) is 0 Å². The van der Waals surface area contributed by atoms with Crippen LogP contribution in [0.5, 0.6) is 17.2 Å². The van der Waals surface area contributed by atoms with Crippen LogP contribution < -0.4 is 9.47 Å². The van der Waals surface area contributed by atoms with Gasteiger partial charge >= 0.3 is 5.97 Å². The maximum Gasteiger partial charge on any atom is 0.342 e. The van der Waals surface area contributed by atoms with Gasteiger partial charge < -0.3 is 24.2 Å². The van der Waals surface area contributed by atoms with Crippen LogP contribution in [0.2, 0.25) is 0 Å². The summed E-state index contributed by atoms with van der Waals surface area (Å²) in [5.41, 5.74) is 2.44. The predicted octanol–water partition coefficient (Wildman–Crippen LogP) is 4.35. The van der Waals surface area contributed by atoms with Crippen molar-refractivity contribution in [1.29, 1.82) is 0 Å². The number of para-hydroxylation sites is 2. The second-order valence-corrected chi connectivity index (χ2v) is 8.07. The second kappa shape index (κ2) is 11.9. The monoisotopic (exact) mass is 449 g/mol. The number of carbonyl (C=O) groups excluding carboxylic acids is 1. The summed E-state index contributed by atoms with van der Waals surface area (Å²) >= 11 is 0. The zero-order valence-corrected chi connectivity index (χ0v) is 19.4. The van der Waals surface area contributed by atoms with Crippen molar-refractivity contribution in [2.24, 2.45) is 0 Å². The number of aryl methyl sites for hydroxylation is 2. The molecule has 1 N–H and O–H groups in total. The molecule has 0 aliphatic carbocycles. The fraction of sp³-hybridized carbons (Fsp3) is 0.296. The van der Waals surface area contributed by atoms with Crippen molar-refractivity contribution in [1.82, 2.24) is 4.90 Å². The molecule has 0 aromatic heterocycles. The lowest BCUT2D eigenvalue weighted by molar-refractivity contribution is 0.0100. The Kier molecular flexibility index (Phi) is 8.72. The van der Waals surface area contributed by atoms with Crippen LogP contribution in [0.4, 0.5) is 0 Å². The highest BCUT2D eigenvalue weighted by molar-refractivity contribution is 5.92. The molecule has 0 aliphatic rings. The Labute approximate surface area is 195 Å². The van der Waals surface area contributed by atoms with Gasteiger partial charge in [-0.05, 0) is 68.4 Å². The number of phenols is 1. The first-order valence-corrected chi connectivity index (χ1v) is 10.9. The van der Waals surface area contributed by atoms with Gasteiger partial charge in [0.25, 0.3) is 0 Å². The third kappa shape index (κ3) is 7.26. The Bertz CT molecular complexity index is 1030. The van der Waals surface area contributed by atoms with Crippen LogP contribution in [0.25, 0.3) is 0 Å². The molecule has 3 aromatic rings. The SMILES string of the molecule is COc1ccc(CCc2ccccc2OCC(CN(C)C)OC(=O)c2ccccc2O)cc1. The molecule has 0 amide bonds. The van der Waals surface area contributed by atoms with E-state index in [4.69, 9.17) is 14.2 Å². The first kappa shape index (κ1) is 24.1. The first-order chi connectivity index (χ1) is 16.0. The zero-order chi connectivity index (χ0) is 23.6. The summed E-state index contributed by atoms with van der Waals surface area (Å²) < 4.78 is 17.0. The number of phenolic OH excluding ortho intramolecular Hbond substituents is 1. The van der Waals surface area contributed by atoms with Gasteiger partial charge in [0.2, 0.25) is 0 Å². The molecule has 0 bridgehead atoms. The highest BCUT2D eigenvalue weighted by Gasteiger charge is 2.20. The smallest absolute Gasteiger partial charge is 0.342 e. The Morgan fingerprint density at radius 3 is 2.33 bits per heavy atom. The molecule has 174 valence electrons. The molecule has 0 saturated carbocycles. The Morgan fingerprint density at radius 2 is 1.64 bits per heavy atom. The highest BCUT2D eigenvalue weighted by atomic mass is 16.6. The lowest BCUT2D eigenvalue weighted by Crippen LogP contribution is -2.35. The van der Waals surface area contributed by atoms with Crippen molar-refractivity contribution in [3.63, 3.8) is 0 Å². The van der Waals surface area contributed by atoms with E-state index in [9.17, 15) is 9.90 Å². The van der Waals surface area contributed by atoms with E-state index in [-0.39, 0.29) is 17.9 Å². The van der Waals surface area contributed by atoms with Gasteiger partial charge in [0, 0.05) is 6.54 Å². The number of hydrogen-bond donors (Lipinski definition) is 1. The first-order valence-electron chi connectivity index (χ1n) is 10.9. The molecule has 0 saturated heterocycles. The van der Waals surface area contributed by atoms with E-state index < -0.39 is 12.1 Å². The maximum atomic E-state index is 12.6. The van der Waals surface area contributed by atoms with Crippen molar-refractivity contribution in [2.75, 3.05) is 34.4 Å². The van der Waals surface area contributed by atoms with E-state index in [1.165, 1.54) is 11.6 Å². The number of carbonyl (C=O) groups is 1. The van der Waals surface area contributed by atoms with E-state index >= 15 is 0 Å². The molecule has 0 heterocycles. The van der Waals surface area contributed by atoms with Gasteiger partial charge in [0.05, 0.1) is 7.11 Å². The lowest BCUT2D eigenvalue weighted by Gasteiger charge is -2.22. The molecule has 0 aliphatic heterocycles. The van der Waals surface area contributed by atoms with Crippen LogP contribution in [-0.4, -0.2) is 56.4 Å². The second-order valence-electron chi connectivity index (χ2n) is 8.07. The molecule has 3 aromatic carbocycles. The van der Waals surface area contributed by atoms with E-state index in [1.54, 1.807) is 25.3 Å². The maximum absolute atomic E-state index is 12.6. The molecule has 3 rings (SSSR count). The number of nitrogens with zero attached hydrogens (tertiary/aromatic N) is 1. The minimum Gasteiger partial charge on any atom is -0.507 e. The minimum atomic E-state index is -0.573. The molecule has 1 unspecified atom stereocenters. The Balaban J connectivity index is 1.64. The normalized spacial score (nSPS) is 11.8. The van der Waals surface area contributed by atoms with Crippen molar-refractivity contribution in [3.05, 3.63) is 89.5 Å². The number of aromatic hydroxyl groups is 1.